The lowest BCUT2D eigenvalue weighted by Gasteiger charge is -2.08. The predicted molar refractivity (Wildman–Crippen MR) is 69.4 cm³/mol. The van der Waals surface area contributed by atoms with Gasteiger partial charge in [0.05, 0.1) is 12.0 Å². The highest BCUT2D eigenvalue weighted by atomic mass is 32.2. The van der Waals surface area contributed by atoms with Crippen LogP contribution in [0.15, 0.2) is 35.2 Å². The van der Waals surface area contributed by atoms with E-state index in [4.69, 9.17) is 0 Å². The number of esters is 1. The Morgan fingerprint density at radius 2 is 2.11 bits per heavy atom. The Labute approximate surface area is 111 Å². The number of rotatable bonds is 5. The van der Waals surface area contributed by atoms with Crippen molar-refractivity contribution in [3.8, 4) is 5.75 Å². The van der Waals surface area contributed by atoms with Crippen molar-refractivity contribution in [3.63, 3.8) is 0 Å². The van der Waals surface area contributed by atoms with Crippen molar-refractivity contribution in [1.29, 1.82) is 0 Å². The summed E-state index contributed by atoms with van der Waals surface area (Å²) in [5, 5.41) is 9.49. The van der Waals surface area contributed by atoms with Gasteiger partial charge in [0.1, 0.15) is 11.3 Å². The van der Waals surface area contributed by atoms with Gasteiger partial charge in [-0.05, 0) is 25.1 Å². The lowest BCUT2D eigenvalue weighted by molar-refractivity contribution is 0.0597. The van der Waals surface area contributed by atoms with E-state index in [0.29, 0.717) is 5.57 Å². The van der Waals surface area contributed by atoms with E-state index in [1.807, 2.05) is 0 Å². The molecule has 19 heavy (non-hydrogen) atoms. The second kappa shape index (κ2) is 5.85. The highest BCUT2D eigenvalue weighted by molar-refractivity contribution is 7.89. The van der Waals surface area contributed by atoms with Crippen molar-refractivity contribution in [2.45, 2.75) is 11.8 Å². The van der Waals surface area contributed by atoms with Crippen molar-refractivity contribution < 1.29 is 23.1 Å². The lowest BCUT2D eigenvalue weighted by atomic mass is 10.2. The summed E-state index contributed by atoms with van der Waals surface area (Å²) in [6, 6.07) is 3.38. The molecule has 1 aromatic rings. The minimum absolute atomic E-state index is 0.0940. The molecule has 0 aliphatic carbocycles. The summed E-state index contributed by atoms with van der Waals surface area (Å²) in [6.07, 6.45) is 0. The third-order valence-electron chi connectivity index (χ3n) is 2.25. The molecule has 0 unspecified atom stereocenters. The van der Waals surface area contributed by atoms with Crippen LogP contribution in [0.25, 0.3) is 0 Å². The Hall–Kier alpha value is -1.86. The third-order valence-corrected chi connectivity index (χ3v) is 3.65. The zero-order valence-electron chi connectivity index (χ0n) is 10.6. The number of sulfonamides is 1. The van der Waals surface area contributed by atoms with Gasteiger partial charge in [0.15, 0.2) is 0 Å². The number of carbonyl (C=O) groups excluding carboxylic acids is 1. The van der Waals surface area contributed by atoms with E-state index in [1.165, 1.54) is 6.07 Å². The second-order valence-corrected chi connectivity index (χ2v) is 5.72. The zero-order chi connectivity index (χ0) is 14.6. The van der Waals surface area contributed by atoms with Gasteiger partial charge in [0.2, 0.25) is 10.0 Å². The van der Waals surface area contributed by atoms with Crippen molar-refractivity contribution in [2.75, 3.05) is 13.7 Å². The number of phenols is 1. The Balaban J connectivity index is 3.15. The molecule has 1 rings (SSSR count). The normalized spacial score (nSPS) is 11.1. The van der Waals surface area contributed by atoms with Crippen LogP contribution >= 0.6 is 0 Å². The van der Waals surface area contributed by atoms with Crippen molar-refractivity contribution in [1.82, 2.24) is 4.72 Å². The number of hydrogen-bond donors (Lipinski definition) is 2. The van der Waals surface area contributed by atoms with Gasteiger partial charge in [0, 0.05) is 6.54 Å². The summed E-state index contributed by atoms with van der Waals surface area (Å²) >= 11 is 0. The monoisotopic (exact) mass is 285 g/mol. The molecule has 0 heterocycles. The highest BCUT2D eigenvalue weighted by Crippen LogP contribution is 2.22. The van der Waals surface area contributed by atoms with Crippen LogP contribution in [0, 0.1) is 0 Å². The Bertz CT molecular complexity index is 607. The standard InChI is InChI=1S/C12H15NO5S/c1-8(2)7-13-19(16,17)9-4-5-11(14)10(6-9)12(15)18-3/h4-6,13-14H,1,7H2,2-3H3. The molecule has 0 saturated carbocycles. The minimum atomic E-state index is -3.77. The number of hydrogen-bond acceptors (Lipinski definition) is 5. The van der Waals surface area contributed by atoms with Crippen molar-refractivity contribution in [2.24, 2.45) is 0 Å². The first-order valence-electron chi connectivity index (χ1n) is 5.33. The number of nitrogens with one attached hydrogen (secondary N) is 1. The van der Waals surface area contributed by atoms with Gasteiger partial charge in [-0.3, -0.25) is 0 Å². The van der Waals surface area contributed by atoms with Crippen molar-refractivity contribution in [3.05, 3.63) is 35.9 Å². The molecular formula is C12H15NO5S. The molecule has 0 spiro atoms. The summed E-state index contributed by atoms with van der Waals surface area (Å²) in [6.45, 7) is 5.36. The first-order chi connectivity index (χ1) is 8.77. The minimum Gasteiger partial charge on any atom is -0.507 e. The van der Waals surface area contributed by atoms with Gasteiger partial charge in [-0.25, -0.2) is 17.9 Å². The Morgan fingerprint density at radius 3 is 2.63 bits per heavy atom. The van der Waals surface area contributed by atoms with Crippen LogP contribution in [0.5, 0.6) is 5.75 Å². The summed E-state index contributed by atoms with van der Waals surface area (Å²) in [7, 11) is -2.62. The van der Waals surface area contributed by atoms with E-state index < -0.39 is 16.0 Å². The Morgan fingerprint density at radius 1 is 1.47 bits per heavy atom. The summed E-state index contributed by atoms with van der Waals surface area (Å²) in [5.41, 5.74) is 0.441. The maximum atomic E-state index is 11.9. The fraction of sp³-hybridized carbons (Fsp3) is 0.250. The molecule has 6 nitrogen and oxygen atoms in total. The third kappa shape index (κ3) is 3.80. The van der Waals surface area contributed by atoms with Gasteiger partial charge < -0.3 is 9.84 Å². The summed E-state index contributed by atoms with van der Waals surface area (Å²) in [4.78, 5) is 11.2. The lowest BCUT2D eigenvalue weighted by Crippen LogP contribution is -2.25. The van der Waals surface area contributed by atoms with E-state index in [-0.39, 0.29) is 22.8 Å². The fourth-order valence-corrected chi connectivity index (χ4v) is 2.38. The topological polar surface area (TPSA) is 92.7 Å². The maximum Gasteiger partial charge on any atom is 0.341 e. The molecule has 0 radical (unpaired) electrons. The number of benzene rings is 1. The van der Waals surface area contributed by atoms with Gasteiger partial charge in [-0.2, -0.15) is 0 Å². The van der Waals surface area contributed by atoms with E-state index >= 15 is 0 Å². The van der Waals surface area contributed by atoms with Crippen LogP contribution in [0.1, 0.15) is 17.3 Å². The van der Waals surface area contributed by atoms with E-state index in [0.717, 1.165) is 19.2 Å². The van der Waals surface area contributed by atoms with E-state index in [2.05, 4.69) is 16.0 Å². The average Bonchev–Trinajstić information content (AvgIpc) is 2.36. The van der Waals surface area contributed by atoms with Gasteiger partial charge in [-0.1, -0.05) is 12.2 Å². The van der Waals surface area contributed by atoms with Crippen molar-refractivity contribution >= 4 is 16.0 Å². The van der Waals surface area contributed by atoms with Crippen LogP contribution in [-0.4, -0.2) is 33.1 Å². The van der Waals surface area contributed by atoms with Crippen LogP contribution in [0.3, 0.4) is 0 Å². The largest absolute Gasteiger partial charge is 0.507 e. The molecule has 1 aromatic carbocycles. The second-order valence-electron chi connectivity index (χ2n) is 3.95. The molecule has 0 aliphatic rings. The molecule has 0 aromatic heterocycles. The molecule has 0 amide bonds. The smallest absolute Gasteiger partial charge is 0.341 e. The quantitative estimate of drug-likeness (QED) is 0.622. The molecule has 2 N–H and O–H groups in total. The highest BCUT2D eigenvalue weighted by Gasteiger charge is 2.19. The van der Waals surface area contributed by atoms with Crippen LogP contribution in [0.4, 0.5) is 0 Å². The molecule has 0 atom stereocenters. The van der Waals surface area contributed by atoms with Crippen LogP contribution in [-0.2, 0) is 14.8 Å². The Kier molecular flexibility index (Phi) is 4.68. The molecule has 0 bridgehead atoms. The SMILES string of the molecule is C=C(C)CNS(=O)(=O)c1ccc(O)c(C(=O)OC)c1. The summed E-state index contributed by atoms with van der Waals surface area (Å²) < 4.78 is 30.6. The average molecular weight is 285 g/mol. The molecular weight excluding hydrogens is 270 g/mol. The first kappa shape index (κ1) is 15.2. The van der Waals surface area contributed by atoms with E-state index in [9.17, 15) is 18.3 Å². The zero-order valence-corrected chi connectivity index (χ0v) is 11.5. The molecule has 104 valence electrons. The van der Waals surface area contributed by atoms with Crippen LogP contribution < -0.4 is 4.72 Å². The van der Waals surface area contributed by atoms with Gasteiger partial charge in [0.25, 0.3) is 0 Å². The maximum absolute atomic E-state index is 11.9. The number of aromatic hydroxyl groups is 1. The number of phenolic OH excluding ortho intramolecular Hbond substituents is 1. The predicted octanol–water partition coefficient (Wildman–Crippen LogP) is 1.03. The molecule has 0 saturated heterocycles. The number of ether oxygens (including phenoxy) is 1. The molecule has 0 aliphatic heterocycles. The molecule has 0 fully saturated rings. The van der Waals surface area contributed by atoms with Crippen LogP contribution in [0.2, 0.25) is 0 Å². The fourth-order valence-electron chi connectivity index (χ4n) is 1.26. The van der Waals surface area contributed by atoms with E-state index in [1.54, 1.807) is 6.92 Å². The summed E-state index contributed by atoms with van der Waals surface area (Å²) in [5.74, 6) is -1.15. The van der Waals surface area contributed by atoms with Gasteiger partial charge >= 0.3 is 5.97 Å². The molecule has 7 heteroatoms. The first-order valence-corrected chi connectivity index (χ1v) is 6.81. The van der Waals surface area contributed by atoms with Gasteiger partial charge in [-0.15, -0.1) is 0 Å². The number of carbonyl (C=O) groups is 1. The number of methoxy groups -OCH3 is 1.